The van der Waals surface area contributed by atoms with Crippen molar-refractivity contribution in [3.63, 3.8) is 0 Å². The Morgan fingerprint density at radius 3 is 3.00 bits per heavy atom. The number of thiophene rings is 1. The van der Waals surface area contributed by atoms with Crippen LogP contribution >= 0.6 is 11.3 Å². The van der Waals surface area contributed by atoms with Crippen molar-refractivity contribution >= 4 is 17.2 Å². The molecule has 0 bridgehead atoms. The first-order chi connectivity index (χ1) is 8.24. The van der Waals surface area contributed by atoms with Crippen LogP contribution in [-0.4, -0.2) is 23.4 Å². The first-order valence-corrected chi connectivity index (χ1v) is 6.58. The topological polar surface area (TPSA) is 70.1 Å². The maximum atomic E-state index is 12.2. The molecule has 0 aromatic carbocycles. The molecule has 90 valence electrons. The standard InChI is InChI=1S/C12H15N3OS/c13-6-2-7-15(9-4-5-9)12(16)11(14)10-3-1-8-17-10/h1,3,8-9,11H,2,4-5,7,14H2. The average molecular weight is 249 g/mol. The van der Waals surface area contributed by atoms with Gasteiger partial charge in [-0.15, -0.1) is 11.3 Å². The molecule has 1 saturated carbocycles. The third kappa shape index (κ3) is 2.84. The molecule has 2 rings (SSSR count). The lowest BCUT2D eigenvalue weighted by Gasteiger charge is -2.24. The number of carbonyl (C=O) groups excluding carboxylic acids is 1. The van der Waals surface area contributed by atoms with E-state index in [4.69, 9.17) is 11.0 Å². The Balaban J connectivity index is 2.03. The number of rotatable bonds is 5. The Labute approximate surface area is 105 Å². The molecule has 1 heterocycles. The highest BCUT2D eigenvalue weighted by molar-refractivity contribution is 7.10. The van der Waals surface area contributed by atoms with E-state index >= 15 is 0 Å². The van der Waals surface area contributed by atoms with Crippen molar-refractivity contribution in [1.82, 2.24) is 4.90 Å². The van der Waals surface area contributed by atoms with E-state index in [2.05, 4.69) is 6.07 Å². The Morgan fingerprint density at radius 2 is 2.47 bits per heavy atom. The number of nitrogens with two attached hydrogens (primary N) is 1. The predicted octanol–water partition coefficient (Wildman–Crippen LogP) is 1.65. The molecule has 0 radical (unpaired) electrons. The van der Waals surface area contributed by atoms with Crippen molar-refractivity contribution in [2.75, 3.05) is 6.54 Å². The lowest BCUT2D eigenvalue weighted by molar-refractivity contribution is -0.133. The van der Waals surface area contributed by atoms with Gasteiger partial charge >= 0.3 is 0 Å². The highest BCUT2D eigenvalue weighted by atomic mass is 32.1. The minimum atomic E-state index is -0.575. The Morgan fingerprint density at radius 1 is 1.71 bits per heavy atom. The molecule has 1 aliphatic carbocycles. The SMILES string of the molecule is N#CCCN(C(=O)C(N)c1cccs1)C1CC1. The first kappa shape index (κ1) is 12.1. The minimum absolute atomic E-state index is 0.0507. The Hall–Kier alpha value is -1.38. The molecule has 1 aromatic heterocycles. The summed E-state index contributed by atoms with van der Waals surface area (Å²) in [5.41, 5.74) is 5.96. The zero-order valence-corrected chi connectivity index (χ0v) is 10.3. The van der Waals surface area contributed by atoms with Crippen LogP contribution in [-0.2, 0) is 4.79 Å². The summed E-state index contributed by atoms with van der Waals surface area (Å²) in [5.74, 6) is -0.0507. The van der Waals surface area contributed by atoms with E-state index in [1.54, 1.807) is 4.90 Å². The predicted molar refractivity (Wildman–Crippen MR) is 66.2 cm³/mol. The molecule has 1 aliphatic rings. The van der Waals surface area contributed by atoms with E-state index in [1.165, 1.54) is 11.3 Å². The van der Waals surface area contributed by atoms with Gasteiger partial charge in [0.15, 0.2) is 0 Å². The summed E-state index contributed by atoms with van der Waals surface area (Å²) in [5, 5.41) is 10.5. The Kier molecular flexibility index (Phi) is 3.77. The van der Waals surface area contributed by atoms with Crippen LogP contribution in [0.4, 0.5) is 0 Å². The molecule has 0 aliphatic heterocycles. The van der Waals surface area contributed by atoms with Gasteiger partial charge in [0.1, 0.15) is 6.04 Å². The number of hydrogen-bond donors (Lipinski definition) is 1. The summed E-state index contributed by atoms with van der Waals surface area (Å²) in [6.45, 7) is 0.499. The lowest BCUT2D eigenvalue weighted by Crippen LogP contribution is -2.40. The second-order valence-electron chi connectivity index (χ2n) is 4.16. The summed E-state index contributed by atoms with van der Waals surface area (Å²) in [4.78, 5) is 14.9. The number of amides is 1. The quantitative estimate of drug-likeness (QED) is 0.862. The van der Waals surface area contributed by atoms with E-state index in [1.807, 2.05) is 17.5 Å². The van der Waals surface area contributed by atoms with Crippen LogP contribution in [0.15, 0.2) is 17.5 Å². The van der Waals surface area contributed by atoms with Gasteiger partial charge in [-0.05, 0) is 24.3 Å². The normalized spacial score (nSPS) is 16.2. The van der Waals surface area contributed by atoms with Gasteiger partial charge in [-0.1, -0.05) is 6.07 Å². The van der Waals surface area contributed by atoms with E-state index in [-0.39, 0.29) is 5.91 Å². The average Bonchev–Trinajstić information content (AvgIpc) is 3.02. The van der Waals surface area contributed by atoms with Crippen molar-refractivity contribution in [3.05, 3.63) is 22.4 Å². The van der Waals surface area contributed by atoms with Crippen molar-refractivity contribution in [1.29, 1.82) is 5.26 Å². The van der Waals surface area contributed by atoms with E-state index in [9.17, 15) is 4.79 Å². The number of hydrogen-bond acceptors (Lipinski definition) is 4. The number of nitrogens with zero attached hydrogens (tertiary/aromatic N) is 2. The molecule has 5 heteroatoms. The van der Waals surface area contributed by atoms with Crippen molar-refractivity contribution < 1.29 is 4.79 Å². The smallest absolute Gasteiger partial charge is 0.245 e. The van der Waals surface area contributed by atoms with Gasteiger partial charge in [0.2, 0.25) is 5.91 Å². The maximum absolute atomic E-state index is 12.2. The molecule has 17 heavy (non-hydrogen) atoms. The molecule has 1 aromatic rings. The van der Waals surface area contributed by atoms with E-state index in [0.717, 1.165) is 17.7 Å². The minimum Gasteiger partial charge on any atom is -0.337 e. The van der Waals surface area contributed by atoms with Gasteiger partial charge in [0.05, 0.1) is 12.5 Å². The summed E-state index contributed by atoms with van der Waals surface area (Å²) in [6.07, 6.45) is 2.45. The number of carbonyl (C=O) groups is 1. The zero-order valence-electron chi connectivity index (χ0n) is 9.50. The van der Waals surface area contributed by atoms with Gasteiger partial charge in [-0.2, -0.15) is 5.26 Å². The number of nitriles is 1. The largest absolute Gasteiger partial charge is 0.337 e. The third-order valence-corrected chi connectivity index (χ3v) is 3.81. The summed E-state index contributed by atoms with van der Waals surface area (Å²) >= 11 is 1.50. The Bertz CT molecular complexity index is 419. The molecular weight excluding hydrogens is 234 g/mol. The molecule has 1 atom stereocenters. The zero-order chi connectivity index (χ0) is 12.3. The van der Waals surface area contributed by atoms with Crippen molar-refractivity contribution in [3.8, 4) is 6.07 Å². The van der Waals surface area contributed by atoms with Crippen LogP contribution < -0.4 is 5.73 Å². The second kappa shape index (κ2) is 5.30. The summed E-state index contributed by atoms with van der Waals surface area (Å²) in [7, 11) is 0. The van der Waals surface area contributed by atoms with E-state index in [0.29, 0.717) is 19.0 Å². The fraction of sp³-hybridized carbons (Fsp3) is 0.500. The third-order valence-electron chi connectivity index (χ3n) is 2.85. The molecular formula is C12H15N3OS. The highest BCUT2D eigenvalue weighted by Gasteiger charge is 2.34. The second-order valence-corrected chi connectivity index (χ2v) is 5.14. The van der Waals surface area contributed by atoms with Gasteiger partial charge < -0.3 is 10.6 Å². The van der Waals surface area contributed by atoms with Crippen molar-refractivity contribution in [2.45, 2.75) is 31.3 Å². The molecule has 2 N–H and O–H groups in total. The lowest BCUT2D eigenvalue weighted by atomic mass is 10.2. The van der Waals surface area contributed by atoms with Crippen molar-refractivity contribution in [2.24, 2.45) is 5.73 Å². The maximum Gasteiger partial charge on any atom is 0.245 e. The van der Waals surface area contributed by atoms with Gasteiger partial charge in [0, 0.05) is 17.5 Å². The summed E-state index contributed by atoms with van der Waals surface area (Å²) < 4.78 is 0. The monoisotopic (exact) mass is 249 g/mol. The van der Waals surface area contributed by atoms with Crippen LogP contribution in [0.3, 0.4) is 0 Å². The molecule has 4 nitrogen and oxygen atoms in total. The molecule has 0 saturated heterocycles. The molecule has 0 spiro atoms. The molecule has 1 fully saturated rings. The molecule has 1 unspecified atom stereocenters. The highest BCUT2D eigenvalue weighted by Crippen LogP contribution is 2.30. The van der Waals surface area contributed by atoms with Crippen LogP contribution in [0.25, 0.3) is 0 Å². The fourth-order valence-electron chi connectivity index (χ4n) is 1.80. The van der Waals surface area contributed by atoms with Crippen LogP contribution in [0, 0.1) is 11.3 Å². The summed E-state index contributed by atoms with van der Waals surface area (Å²) in [6, 6.07) is 5.58. The molecule has 1 amide bonds. The van der Waals surface area contributed by atoms with Gasteiger partial charge in [-0.3, -0.25) is 4.79 Å². The first-order valence-electron chi connectivity index (χ1n) is 5.70. The van der Waals surface area contributed by atoms with Gasteiger partial charge in [0.25, 0.3) is 0 Å². The van der Waals surface area contributed by atoms with Crippen LogP contribution in [0.5, 0.6) is 0 Å². The van der Waals surface area contributed by atoms with Gasteiger partial charge in [-0.25, -0.2) is 0 Å². The van der Waals surface area contributed by atoms with Crippen LogP contribution in [0.2, 0.25) is 0 Å². The fourth-order valence-corrected chi connectivity index (χ4v) is 2.52. The van der Waals surface area contributed by atoms with Crippen LogP contribution in [0.1, 0.15) is 30.2 Å². The van der Waals surface area contributed by atoms with E-state index < -0.39 is 6.04 Å².